The molecule has 0 aliphatic carbocycles. The lowest BCUT2D eigenvalue weighted by Crippen LogP contribution is -2.29. The Morgan fingerprint density at radius 3 is 2.72 bits per heavy atom. The fourth-order valence-corrected chi connectivity index (χ4v) is 4.12. The van der Waals surface area contributed by atoms with Gasteiger partial charge in [0.1, 0.15) is 9.53 Å². The van der Waals surface area contributed by atoms with E-state index in [9.17, 15) is 4.79 Å². The third-order valence-corrected chi connectivity index (χ3v) is 5.10. The Morgan fingerprint density at radius 1 is 1.24 bits per heavy atom. The van der Waals surface area contributed by atoms with E-state index in [1.807, 2.05) is 43.3 Å². The van der Waals surface area contributed by atoms with E-state index in [0.29, 0.717) is 22.6 Å². The van der Waals surface area contributed by atoms with Gasteiger partial charge in [-0.25, -0.2) is 14.6 Å². The van der Waals surface area contributed by atoms with Crippen LogP contribution in [0.1, 0.15) is 11.3 Å². The predicted octanol–water partition coefficient (Wildman–Crippen LogP) is 2.84. The summed E-state index contributed by atoms with van der Waals surface area (Å²) in [5, 5.41) is 0.863. The first-order chi connectivity index (χ1) is 12.1. The van der Waals surface area contributed by atoms with Crippen LogP contribution in [0.25, 0.3) is 31.8 Å². The van der Waals surface area contributed by atoms with Gasteiger partial charge in [0.2, 0.25) is 0 Å². The molecular weight excluding hydrogens is 336 g/mol. The number of pyridine rings is 1. The van der Waals surface area contributed by atoms with E-state index >= 15 is 0 Å². The summed E-state index contributed by atoms with van der Waals surface area (Å²) >= 11 is 1.32. The van der Waals surface area contributed by atoms with Gasteiger partial charge in [-0.1, -0.05) is 30.3 Å². The number of methoxy groups -OCH3 is 1. The fraction of sp³-hybridized carbons (Fsp3) is 0.167. The van der Waals surface area contributed by atoms with Crippen LogP contribution in [-0.2, 0) is 11.3 Å². The van der Waals surface area contributed by atoms with Gasteiger partial charge in [0.25, 0.3) is 5.56 Å². The highest BCUT2D eigenvalue weighted by molar-refractivity contribution is 7.25. The van der Waals surface area contributed by atoms with Crippen molar-refractivity contribution in [1.29, 1.82) is 0 Å². The molecular formula is C18H16N4O2S. The molecule has 4 rings (SSSR count). The van der Waals surface area contributed by atoms with Gasteiger partial charge in [-0.05, 0) is 18.6 Å². The normalized spacial score (nSPS) is 11.4. The van der Waals surface area contributed by atoms with Gasteiger partial charge in [0.05, 0.1) is 12.1 Å². The van der Waals surface area contributed by atoms with Crippen LogP contribution in [0.3, 0.4) is 0 Å². The molecule has 0 radical (unpaired) electrons. The quantitative estimate of drug-likeness (QED) is 0.573. The molecule has 0 fully saturated rings. The number of fused-ring (bicyclic) bond motifs is 3. The highest BCUT2D eigenvalue weighted by atomic mass is 32.1. The van der Waals surface area contributed by atoms with Crippen molar-refractivity contribution in [1.82, 2.24) is 14.6 Å². The average Bonchev–Trinajstić information content (AvgIpc) is 2.97. The van der Waals surface area contributed by atoms with Crippen molar-refractivity contribution in [3.63, 3.8) is 0 Å². The molecule has 0 bridgehead atoms. The van der Waals surface area contributed by atoms with E-state index in [0.717, 1.165) is 31.7 Å². The third-order valence-electron chi connectivity index (χ3n) is 4.04. The smallest absolute Gasteiger partial charge is 0.290 e. The number of rotatable bonds is 3. The molecule has 6 nitrogen and oxygen atoms in total. The van der Waals surface area contributed by atoms with Gasteiger partial charge in [0.15, 0.2) is 5.82 Å². The molecule has 0 aliphatic heterocycles. The maximum absolute atomic E-state index is 12.8. The molecule has 0 unspecified atom stereocenters. The molecule has 0 atom stereocenters. The summed E-state index contributed by atoms with van der Waals surface area (Å²) in [6, 6.07) is 11.4. The van der Waals surface area contributed by atoms with Gasteiger partial charge in [-0.15, -0.1) is 11.3 Å². The minimum absolute atomic E-state index is 0.270. The number of nitrogens with two attached hydrogens (primary N) is 1. The molecule has 3 heterocycles. The highest BCUT2D eigenvalue weighted by Crippen LogP contribution is 2.33. The standard InChI is InChI=1S/C18H16N4O2S/c1-10-8-12(9-24-2)13-14-15(25-17(13)20-10)18(23)22(19)16(21-14)11-6-4-3-5-7-11/h3-8H,9,19H2,1-2H3. The van der Waals surface area contributed by atoms with Crippen molar-refractivity contribution in [2.24, 2.45) is 0 Å². The summed E-state index contributed by atoms with van der Waals surface area (Å²) < 4.78 is 6.93. The van der Waals surface area contributed by atoms with Crippen molar-refractivity contribution in [3.05, 3.63) is 58.0 Å². The monoisotopic (exact) mass is 352 g/mol. The van der Waals surface area contributed by atoms with Crippen LogP contribution >= 0.6 is 11.3 Å². The molecule has 0 aliphatic rings. The molecule has 0 amide bonds. The summed E-state index contributed by atoms with van der Waals surface area (Å²) in [5.41, 5.74) is 2.99. The molecule has 126 valence electrons. The van der Waals surface area contributed by atoms with Crippen LogP contribution in [0.2, 0.25) is 0 Å². The van der Waals surface area contributed by atoms with Crippen molar-refractivity contribution >= 4 is 31.8 Å². The van der Waals surface area contributed by atoms with Crippen LogP contribution in [0.4, 0.5) is 0 Å². The maximum atomic E-state index is 12.8. The molecule has 3 aromatic heterocycles. The zero-order valence-electron chi connectivity index (χ0n) is 13.8. The zero-order valence-corrected chi connectivity index (χ0v) is 14.6. The Bertz CT molecular complexity index is 1150. The van der Waals surface area contributed by atoms with E-state index in [-0.39, 0.29) is 5.56 Å². The number of aromatic nitrogens is 3. The fourth-order valence-electron chi connectivity index (χ4n) is 2.97. The molecule has 7 heteroatoms. The number of aryl methyl sites for hydroxylation is 1. The zero-order chi connectivity index (χ0) is 17.6. The second kappa shape index (κ2) is 5.94. The Balaban J connectivity index is 2.14. The van der Waals surface area contributed by atoms with Gasteiger partial charge >= 0.3 is 0 Å². The molecule has 0 saturated carbocycles. The third kappa shape index (κ3) is 2.48. The molecule has 1 aromatic carbocycles. The van der Waals surface area contributed by atoms with Crippen LogP contribution in [0.15, 0.2) is 41.2 Å². The summed E-state index contributed by atoms with van der Waals surface area (Å²) in [5.74, 6) is 6.46. The minimum Gasteiger partial charge on any atom is -0.380 e. The molecule has 0 spiro atoms. The number of ether oxygens (including phenoxy) is 1. The second-order valence-corrected chi connectivity index (χ2v) is 6.79. The average molecular weight is 352 g/mol. The van der Waals surface area contributed by atoms with Gasteiger partial charge in [0, 0.05) is 23.8 Å². The van der Waals surface area contributed by atoms with Gasteiger partial charge in [-0.2, -0.15) is 0 Å². The van der Waals surface area contributed by atoms with E-state index in [4.69, 9.17) is 15.6 Å². The minimum atomic E-state index is -0.270. The molecule has 2 N–H and O–H groups in total. The van der Waals surface area contributed by atoms with Crippen LogP contribution in [0.5, 0.6) is 0 Å². The first kappa shape index (κ1) is 15.7. The number of nitrogen functional groups attached to an aromatic ring is 1. The number of hydrogen-bond donors (Lipinski definition) is 1. The van der Waals surface area contributed by atoms with E-state index in [2.05, 4.69) is 4.98 Å². The van der Waals surface area contributed by atoms with E-state index in [1.54, 1.807) is 7.11 Å². The Kier molecular flexibility index (Phi) is 3.74. The molecule has 4 aromatic rings. The first-order valence-corrected chi connectivity index (χ1v) is 8.57. The van der Waals surface area contributed by atoms with Crippen molar-refractivity contribution < 1.29 is 4.74 Å². The molecule has 0 saturated heterocycles. The lowest BCUT2D eigenvalue weighted by Gasteiger charge is -2.08. The van der Waals surface area contributed by atoms with Crippen LogP contribution in [0, 0.1) is 6.92 Å². The number of benzene rings is 1. The van der Waals surface area contributed by atoms with Crippen molar-refractivity contribution in [2.75, 3.05) is 13.0 Å². The molecule has 25 heavy (non-hydrogen) atoms. The van der Waals surface area contributed by atoms with Gasteiger partial charge < -0.3 is 10.6 Å². The topological polar surface area (TPSA) is 83.0 Å². The SMILES string of the molecule is COCc1cc(C)nc2sc3c(=O)n(N)c(-c4ccccc4)nc3c12. The summed E-state index contributed by atoms with van der Waals surface area (Å²) in [4.78, 5) is 22.9. The van der Waals surface area contributed by atoms with Crippen molar-refractivity contribution in [3.8, 4) is 11.4 Å². The Morgan fingerprint density at radius 2 is 2.00 bits per heavy atom. The maximum Gasteiger partial charge on any atom is 0.290 e. The van der Waals surface area contributed by atoms with Crippen molar-refractivity contribution in [2.45, 2.75) is 13.5 Å². The first-order valence-electron chi connectivity index (χ1n) is 7.75. The Labute approximate surface area is 147 Å². The Hall–Kier alpha value is -2.77. The van der Waals surface area contributed by atoms with E-state index < -0.39 is 0 Å². The highest BCUT2D eigenvalue weighted by Gasteiger charge is 2.19. The van der Waals surface area contributed by atoms with Crippen LogP contribution in [-0.4, -0.2) is 21.8 Å². The lowest BCUT2D eigenvalue weighted by molar-refractivity contribution is 0.186. The van der Waals surface area contributed by atoms with Gasteiger partial charge in [-0.3, -0.25) is 4.79 Å². The number of hydrogen-bond acceptors (Lipinski definition) is 6. The van der Waals surface area contributed by atoms with E-state index in [1.165, 1.54) is 11.3 Å². The largest absolute Gasteiger partial charge is 0.380 e. The summed E-state index contributed by atoms with van der Waals surface area (Å²) in [7, 11) is 1.64. The number of nitrogens with zero attached hydrogens (tertiary/aromatic N) is 3. The lowest BCUT2D eigenvalue weighted by atomic mass is 10.1. The predicted molar refractivity (Wildman–Crippen MR) is 100 cm³/mol. The van der Waals surface area contributed by atoms with Crippen LogP contribution < -0.4 is 11.4 Å². The number of thiophene rings is 1. The second-order valence-electron chi connectivity index (χ2n) is 5.79. The summed E-state index contributed by atoms with van der Waals surface area (Å²) in [6.45, 7) is 2.35. The summed E-state index contributed by atoms with van der Waals surface area (Å²) in [6.07, 6.45) is 0.